The fraction of sp³-hybridized carbons (Fsp3) is 0.450. The number of rotatable bonds is 2. The summed E-state index contributed by atoms with van der Waals surface area (Å²) in [7, 11) is -2.44. The number of halogens is 1. The standard InChI is InChI=1S/C20H23ClN8O5S/c1-12-18(19(21)27(2)25-12)35(31,32)29-9-14-16(10-29)34-11-13-8-28(26-24-13)6-7-33-15-4-3-5-22-17(15)20(30)23-14/h3-5,8,14,16H,6-7,9-11H2,1-2H3,(H,23,30)/t14-,16-/m0/s1. The van der Waals surface area contributed by atoms with Crippen molar-refractivity contribution in [1.29, 1.82) is 0 Å². The first kappa shape index (κ1) is 23.7. The molecule has 1 saturated heterocycles. The first-order valence-electron chi connectivity index (χ1n) is 10.8. The molecule has 0 aromatic carbocycles. The molecule has 35 heavy (non-hydrogen) atoms. The van der Waals surface area contributed by atoms with Gasteiger partial charge in [0.1, 0.15) is 22.3 Å². The highest BCUT2D eigenvalue weighted by atomic mass is 35.5. The molecule has 2 aliphatic rings. The summed E-state index contributed by atoms with van der Waals surface area (Å²) >= 11 is 6.25. The van der Waals surface area contributed by atoms with Gasteiger partial charge in [-0.3, -0.25) is 9.48 Å². The number of pyridine rings is 1. The lowest BCUT2D eigenvalue weighted by Crippen LogP contribution is -2.44. The van der Waals surface area contributed by atoms with Crippen LogP contribution >= 0.6 is 11.6 Å². The van der Waals surface area contributed by atoms with E-state index in [9.17, 15) is 13.2 Å². The Morgan fingerprint density at radius 1 is 1.29 bits per heavy atom. The first-order chi connectivity index (χ1) is 16.7. The Balaban J connectivity index is 1.47. The maximum atomic E-state index is 13.5. The van der Waals surface area contributed by atoms with Crippen LogP contribution in [0.5, 0.6) is 5.75 Å². The van der Waals surface area contributed by atoms with Crippen LogP contribution in [0.15, 0.2) is 29.4 Å². The van der Waals surface area contributed by atoms with E-state index in [1.807, 2.05) is 0 Å². The Bertz CT molecular complexity index is 1370. The molecule has 2 atom stereocenters. The number of hydrogen-bond donors (Lipinski definition) is 1. The van der Waals surface area contributed by atoms with Crippen LogP contribution in [0.3, 0.4) is 0 Å². The fourth-order valence-corrected chi connectivity index (χ4v) is 6.33. The largest absolute Gasteiger partial charge is 0.489 e. The van der Waals surface area contributed by atoms with Crippen molar-refractivity contribution in [3.05, 3.63) is 46.8 Å². The number of aromatic nitrogens is 6. The minimum atomic E-state index is -4.01. The predicted molar refractivity (Wildman–Crippen MR) is 121 cm³/mol. The highest BCUT2D eigenvalue weighted by Crippen LogP contribution is 2.30. The summed E-state index contributed by atoms with van der Waals surface area (Å²) in [5.74, 6) is -0.192. The predicted octanol–water partition coefficient (Wildman–Crippen LogP) is 0.149. The second-order valence-electron chi connectivity index (χ2n) is 8.25. The van der Waals surface area contributed by atoms with Crippen molar-refractivity contribution in [3.8, 4) is 5.75 Å². The molecule has 1 amide bonds. The fourth-order valence-electron chi connectivity index (χ4n) is 4.15. The third kappa shape index (κ3) is 4.49. The quantitative estimate of drug-likeness (QED) is 0.496. The SMILES string of the molecule is Cc1nn(C)c(Cl)c1S(=O)(=O)N1C[C@@H]2NC(=O)c3ncccc3OCCn3cc(nn3)CO[C@H]2C1. The van der Waals surface area contributed by atoms with Gasteiger partial charge in [-0.15, -0.1) is 5.10 Å². The Hall–Kier alpha value is -3.07. The van der Waals surface area contributed by atoms with E-state index < -0.39 is 28.1 Å². The molecule has 1 fully saturated rings. The number of carbonyl (C=O) groups excluding carboxylic acids is 1. The molecule has 3 aromatic heterocycles. The zero-order valence-corrected chi connectivity index (χ0v) is 20.5. The number of hydrogen-bond acceptors (Lipinski definition) is 9. The van der Waals surface area contributed by atoms with Crippen molar-refractivity contribution in [3.63, 3.8) is 0 Å². The molecule has 13 nitrogen and oxygen atoms in total. The highest BCUT2D eigenvalue weighted by molar-refractivity contribution is 7.89. The summed E-state index contributed by atoms with van der Waals surface area (Å²) < 4.78 is 42.9. The average molecular weight is 523 g/mol. The number of carbonyl (C=O) groups is 1. The molecule has 186 valence electrons. The van der Waals surface area contributed by atoms with E-state index in [4.69, 9.17) is 21.1 Å². The molecule has 15 heteroatoms. The second-order valence-corrected chi connectivity index (χ2v) is 10.5. The summed E-state index contributed by atoms with van der Waals surface area (Å²) in [6.07, 6.45) is 2.56. The lowest BCUT2D eigenvalue weighted by atomic mass is 10.2. The van der Waals surface area contributed by atoms with Crippen LogP contribution in [-0.4, -0.2) is 80.2 Å². The molecule has 2 aliphatic heterocycles. The summed E-state index contributed by atoms with van der Waals surface area (Å²) in [6, 6.07) is 2.65. The van der Waals surface area contributed by atoms with E-state index in [2.05, 4.69) is 25.7 Å². The molecule has 0 radical (unpaired) electrons. The van der Waals surface area contributed by atoms with E-state index in [0.717, 1.165) is 0 Å². The molecule has 0 aliphatic carbocycles. The van der Waals surface area contributed by atoms with E-state index in [1.54, 1.807) is 37.0 Å². The molecule has 2 bridgehead atoms. The number of nitrogens with zero attached hydrogens (tertiary/aromatic N) is 7. The lowest BCUT2D eigenvalue weighted by molar-refractivity contribution is 0.0320. The molecular weight excluding hydrogens is 500 g/mol. The Kier molecular flexibility index (Phi) is 6.21. The van der Waals surface area contributed by atoms with Crippen molar-refractivity contribution >= 4 is 27.5 Å². The van der Waals surface area contributed by atoms with Crippen molar-refractivity contribution < 1.29 is 22.7 Å². The molecule has 5 heterocycles. The maximum Gasteiger partial charge on any atom is 0.274 e. The van der Waals surface area contributed by atoms with Crippen LogP contribution in [0, 0.1) is 6.92 Å². The van der Waals surface area contributed by atoms with Crippen LogP contribution in [0.2, 0.25) is 5.15 Å². The van der Waals surface area contributed by atoms with Crippen LogP contribution < -0.4 is 10.1 Å². The first-order valence-corrected chi connectivity index (χ1v) is 12.6. The minimum Gasteiger partial charge on any atom is -0.489 e. The van der Waals surface area contributed by atoms with Gasteiger partial charge >= 0.3 is 0 Å². The van der Waals surface area contributed by atoms with E-state index in [0.29, 0.717) is 18.0 Å². The van der Waals surface area contributed by atoms with Gasteiger partial charge in [0, 0.05) is 26.3 Å². The number of nitrogens with one attached hydrogen (secondary N) is 1. The Labute approximate surface area is 206 Å². The Morgan fingerprint density at radius 3 is 2.89 bits per heavy atom. The average Bonchev–Trinajstić information content (AvgIpc) is 3.50. The zero-order valence-electron chi connectivity index (χ0n) is 19.0. The van der Waals surface area contributed by atoms with Crippen molar-refractivity contribution in [1.82, 2.24) is 39.4 Å². The normalized spacial score (nSPS) is 21.5. The maximum absolute atomic E-state index is 13.5. The van der Waals surface area contributed by atoms with Gasteiger partial charge in [0.25, 0.3) is 5.91 Å². The van der Waals surface area contributed by atoms with Gasteiger partial charge in [-0.05, 0) is 19.1 Å². The summed E-state index contributed by atoms with van der Waals surface area (Å²) in [4.78, 5) is 17.2. The van der Waals surface area contributed by atoms with Crippen LogP contribution in [0.25, 0.3) is 0 Å². The number of fused-ring (bicyclic) bond motifs is 4. The third-order valence-electron chi connectivity index (χ3n) is 5.84. The van der Waals surface area contributed by atoms with Gasteiger partial charge in [-0.2, -0.15) is 9.40 Å². The van der Waals surface area contributed by atoms with E-state index >= 15 is 0 Å². The molecule has 1 N–H and O–H groups in total. The second kappa shape index (κ2) is 9.18. The van der Waals surface area contributed by atoms with Gasteiger partial charge in [0.2, 0.25) is 10.0 Å². The smallest absolute Gasteiger partial charge is 0.274 e. The van der Waals surface area contributed by atoms with Crippen LogP contribution in [0.1, 0.15) is 21.9 Å². The molecule has 5 rings (SSSR count). The molecular formula is C20H23ClN8O5S. The zero-order chi connectivity index (χ0) is 24.7. The number of aryl methyl sites for hydroxylation is 2. The Morgan fingerprint density at radius 2 is 2.11 bits per heavy atom. The monoisotopic (exact) mass is 522 g/mol. The van der Waals surface area contributed by atoms with Crippen LogP contribution in [-0.2, 0) is 35.0 Å². The summed E-state index contributed by atoms with van der Waals surface area (Å²) in [5, 5.41) is 15.2. The van der Waals surface area contributed by atoms with Crippen molar-refractivity contribution in [2.45, 2.75) is 37.1 Å². The number of amides is 1. The topological polar surface area (TPSA) is 146 Å². The molecule has 3 aromatic rings. The summed E-state index contributed by atoms with van der Waals surface area (Å²) in [6.45, 7) is 2.30. The van der Waals surface area contributed by atoms with Gasteiger partial charge in [0.05, 0.1) is 37.2 Å². The van der Waals surface area contributed by atoms with E-state index in [1.165, 1.54) is 15.2 Å². The van der Waals surface area contributed by atoms with Gasteiger partial charge in [0.15, 0.2) is 11.4 Å². The number of sulfonamides is 1. The van der Waals surface area contributed by atoms with E-state index in [-0.39, 0.29) is 47.7 Å². The summed E-state index contributed by atoms with van der Waals surface area (Å²) in [5.41, 5.74) is 0.949. The van der Waals surface area contributed by atoms with Crippen LogP contribution in [0.4, 0.5) is 0 Å². The van der Waals surface area contributed by atoms with Gasteiger partial charge < -0.3 is 14.8 Å². The van der Waals surface area contributed by atoms with Gasteiger partial charge in [-0.1, -0.05) is 16.8 Å². The van der Waals surface area contributed by atoms with Crippen molar-refractivity contribution in [2.24, 2.45) is 7.05 Å². The minimum absolute atomic E-state index is 0.00233. The molecule has 0 saturated carbocycles. The lowest BCUT2D eigenvalue weighted by Gasteiger charge is -2.20. The third-order valence-corrected chi connectivity index (χ3v) is 8.37. The van der Waals surface area contributed by atoms with Crippen molar-refractivity contribution in [2.75, 3.05) is 19.7 Å². The molecule has 0 spiro atoms. The highest BCUT2D eigenvalue weighted by Gasteiger charge is 2.43. The number of ether oxygens (including phenoxy) is 2. The van der Waals surface area contributed by atoms with Gasteiger partial charge in [-0.25, -0.2) is 18.1 Å². The molecule has 0 unspecified atom stereocenters.